The van der Waals surface area contributed by atoms with E-state index in [0.717, 1.165) is 16.9 Å². The van der Waals surface area contributed by atoms with Crippen LogP contribution in [0, 0.1) is 5.82 Å². The molecule has 2 aromatic carbocycles. The molecule has 27 heavy (non-hydrogen) atoms. The molecule has 3 aromatic rings. The number of halogens is 1. The van der Waals surface area contributed by atoms with Crippen LogP contribution in [0.3, 0.4) is 0 Å². The van der Waals surface area contributed by atoms with Crippen molar-refractivity contribution in [2.45, 2.75) is 25.8 Å². The normalized spacial score (nSPS) is 11.8. The molecule has 5 nitrogen and oxygen atoms in total. The Hall–Kier alpha value is -3.15. The molecule has 3 rings (SSSR count). The number of nitrogens with zero attached hydrogens (tertiary/aromatic N) is 1. The third-order valence-corrected chi connectivity index (χ3v) is 4.18. The second-order valence-corrected chi connectivity index (χ2v) is 6.21. The van der Waals surface area contributed by atoms with Crippen LogP contribution < -0.4 is 10.1 Å². The lowest BCUT2D eigenvalue weighted by Crippen LogP contribution is -2.27. The van der Waals surface area contributed by atoms with Crippen molar-refractivity contribution in [3.63, 3.8) is 0 Å². The molecule has 6 heteroatoms. The predicted octanol–water partition coefficient (Wildman–Crippen LogP) is 4.30. The van der Waals surface area contributed by atoms with Gasteiger partial charge in [0.05, 0.1) is 13.3 Å². The molecular weight excluding hydrogens is 347 g/mol. The molecule has 0 spiro atoms. The van der Waals surface area contributed by atoms with Crippen LogP contribution in [0.25, 0.3) is 11.3 Å². The van der Waals surface area contributed by atoms with Gasteiger partial charge in [-0.2, -0.15) is 0 Å². The van der Waals surface area contributed by atoms with Crippen LogP contribution >= 0.6 is 0 Å². The van der Waals surface area contributed by atoms with Crippen LogP contribution in [0.2, 0.25) is 0 Å². The molecule has 1 unspecified atom stereocenters. The van der Waals surface area contributed by atoms with Gasteiger partial charge in [0.1, 0.15) is 17.6 Å². The summed E-state index contributed by atoms with van der Waals surface area (Å²) in [5.74, 6) is 1.31. The number of nitrogens with one attached hydrogen (secondary N) is 1. The summed E-state index contributed by atoms with van der Waals surface area (Å²) < 4.78 is 23.9. The highest BCUT2D eigenvalue weighted by molar-refractivity contribution is 5.76. The molecule has 0 fully saturated rings. The van der Waals surface area contributed by atoms with Gasteiger partial charge < -0.3 is 14.5 Å². The average molecular weight is 368 g/mol. The number of hydrogen-bond donors (Lipinski definition) is 1. The van der Waals surface area contributed by atoms with Crippen molar-refractivity contribution >= 4 is 5.91 Å². The number of oxazole rings is 1. The highest BCUT2D eigenvalue weighted by Crippen LogP contribution is 2.23. The van der Waals surface area contributed by atoms with E-state index < -0.39 is 0 Å². The summed E-state index contributed by atoms with van der Waals surface area (Å²) in [6.07, 6.45) is 2.53. The minimum Gasteiger partial charge on any atom is -0.497 e. The number of amides is 1. The number of carbonyl (C=O) groups excluding carboxylic acids is 1. The molecule has 1 N–H and O–H groups in total. The average Bonchev–Trinajstić information content (AvgIpc) is 3.17. The lowest BCUT2D eigenvalue weighted by Gasteiger charge is -2.11. The summed E-state index contributed by atoms with van der Waals surface area (Å²) >= 11 is 0. The maximum absolute atomic E-state index is 13.0. The zero-order valence-electron chi connectivity index (χ0n) is 15.2. The zero-order chi connectivity index (χ0) is 19.2. The molecule has 0 aliphatic heterocycles. The lowest BCUT2D eigenvalue weighted by molar-refractivity contribution is -0.121. The maximum Gasteiger partial charge on any atom is 0.220 e. The van der Waals surface area contributed by atoms with Gasteiger partial charge in [-0.1, -0.05) is 12.1 Å². The molecule has 0 aliphatic carbocycles. The van der Waals surface area contributed by atoms with E-state index in [-0.39, 0.29) is 17.8 Å². The monoisotopic (exact) mass is 368 g/mol. The van der Waals surface area contributed by atoms with Crippen molar-refractivity contribution in [1.29, 1.82) is 0 Å². The van der Waals surface area contributed by atoms with E-state index in [2.05, 4.69) is 10.3 Å². The Morgan fingerprint density at radius 2 is 2.04 bits per heavy atom. The number of rotatable bonds is 7. The van der Waals surface area contributed by atoms with Gasteiger partial charge in [0.2, 0.25) is 11.8 Å². The smallest absolute Gasteiger partial charge is 0.220 e. The van der Waals surface area contributed by atoms with Crippen LogP contribution in [-0.2, 0) is 11.2 Å². The number of benzene rings is 2. The fraction of sp³-hybridized carbons (Fsp3) is 0.238. The summed E-state index contributed by atoms with van der Waals surface area (Å²) in [6, 6.07) is 13.3. The van der Waals surface area contributed by atoms with Gasteiger partial charge in [0.25, 0.3) is 0 Å². The first-order chi connectivity index (χ1) is 13.0. The topological polar surface area (TPSA) is 64.4 Å². The Bertz CT molecular complexity index is 906. The second kappa shape index (κ2) is 8.49. The summed E-state index contributed by atoms with van der Waals surface area (Å²) in [4.78, 5) is 16.4. The van der Waals surface area contributed by atoms with E-state index in [4.69, 9.17) is 9.15 Å². The van der Waals surface area contributed by atoms with Crippen molar-refractivity contribution in [3.8, 4) is 17.1 Å². The van der Waals surface area contributed by atoms with E-state index in [1.54, 1.807) is 25.4 Å². The Morgan fingerprint density at radius 3 is 2.78 bits per heavy atom. The summed E-state index contributed by atoms with van der Waals surface area (Å²) in [5, 5.41) is 2.88. The molecule has 0 saturated carbocycles. The van der Waals surface area contributed by atoms with Crippen LogP contribution in [-0.4, -0.2) is 18.0 Å². The maximum atomic E-state index is 13.0. The molecule has 1 atom stereocenters. The first kappa shape index (κ1) is 18.6. The van der Waals surface area contributed by atoms with Gasteiger partial charge in [-0.15, -0.1) is 0 Å². The highest BCUT2D eigenvalue weighted by atomic mass is 19.1. The summed E-state index contributed by atoms with van der Waals surface area (Å²) in [5.41, 5.74) is 1.76. The predicted molar refractivity (Wildman–Crippen MR) is 99.8 cm³/mol. The minimum absolute atomic E-state index is 0.0909. The molecule has 0 radical (unpaired) electrons. The quantitative estimate of drug-likeness (QED) is 0.675. The third-order valence-electron chi connectivity index (χ3n) is 4.18. The fourth-order valence-electron chi connectivity index (χ4n) is 2.70. The van der Waals surface area contributed by atoms with E-state index in [1.807, 2.05) is 31.2 Å². The van der Waals surface area contributed by atoms with Crippen molar-refractivity contribution in [2.75, 3.05) is 7.11 Å². The Morgan fingerprint density at radius 1 is 1.26 bits per heavy atom. The van der Waals surface area contributed by atoms with Gasteiger partial charge in [-0.3, -0.25) is 4.79 Å². The molecule has 1 amide bonds. The molecule has 140 valence electrons. The summed E-state index contributed by atoms with van der Waals surface area (Å²) in [7, 11) is 1.62. The third kappa shape index (κ3) is 4.94. The Balaban J connectivity index is 1.56. The molecule has 1 heterocycles. The van der Waals surface area contributed by atoms with E-state index in [0.29, 0.717) is 24.5 Å². The summed E-state index contributed by atoms with van der Waals surface area (Å²) in [6.45, 7) is 1.81. The van der Waals surface area contributed by atoms with E-state index >= 15 is 0 Å². The van der Waals surface area contributed by atoms with E-state index in [1.165, 1.54) is 12.1 Å². The van der Waals surface area contributed by atoms with Crippen LogP contribution in [0.5, 0.6) is 5.75 Å². The van der Waals surface area contributed by atoms with Gasteiger partial charge in [-0.25, -0.2) is 9.37 Å². The van der Waals surface area contributed by atoms with Crippen molar-refractivity contribution in [1.82, 2.24) is 10.3 Å². The van der Waals surface area contributed by atoms with Crippen molar-refractivity contribution in [2.24, 2.45) is 0 Å². The van der Waals surface area contributed by atoms with Crippen LogP contribution in [0.1, 0.15) is 30.8 Å². The fourth-order valence-corrected chi connectivity index (χ4v) is 2.70. The first-order valence-corrected chi connectivity index (χ1v) is 8.69. The number of aryl methyl sites for hydroxylation is 1. The van der Waals surface area contributed by atoms with Gasteiger partial charge in [0, 0.05) is 12.0 Å². The lowest BCUT2D eigenvalue weighted by atomic mass is 10.1. The minimum atomic E-state index is -0.364. The zero-order valence-corrected chi connectivity index (χ0v) is 15.2. The number of methoxy groups -OCH3 is 1. The van der Waals surface area contributed by atoms with E-state index in [9.17, 15) is 9.18 Å². The number of ether oxygens (including phenoxy) is 1. The Kier molecular flexibility index (Phi) is 5.86. The van der Waals surface area contributed by atoms with Crippen molar-refractivity contribution in [3.05, 3.63) is 72.0 Å². The van der Waals surface area contributed by atoms with Gasteiger partial charge >= 0.3 is 0 Å². The molecule has 0 bridgehead atoms. The van der Waals surface area contributed by atoms with Gasteiger partial charge in [0.15, 0.2) is 5.76 Å². The standard InChI is InChI=1S/C21H21FN2O3/c1-14(21-23-13-19(27-21)16-7-9-17(22)10-8-16)24-20(25)11-6-15-4-3-5-18(12-15)26-2/h3-5,7-10,12-14H,6,11H2,1-2H3,(H,24,25). The molecule has 0 aliphatic rings. The SMILES string of the molecule is COc1cccc(CCC(=O)NC(C)c2ncc(-c3ccc(F)cc3)o2)c1. The highest BCUT2D eigenvalue weighted by Gasteiger charge is 2.16. The van der Waals surface area contributed by atoms with Gasteiger partial charge in [-0.05, 0) is 55.3 Å². The second-order valence-electron chi connectivity index (χ2n) is 6.21. The van der Waals surface area contributed by atoms with Crippen molar-refractivity contribution < 1.29 is 18.3 Å². The largest absolute Gasteiger partial charge is 0.497 e. The molecule has 0 saturated heterocycles. The molecular formula is C21H21FN2O3. The Labute approximate surface area is 157 Å². The number of carbonyl (C=O) groups is 1. The number of hydrogen-bond acceptors (Lipinski definition) is 4. The van der Waals surface area contributed by atoms with Crippen LogP contribution in [0.15, 0.2) is 59.1 Å². The number of aromatic nitrogens is 1. The first-order valence-electron chi connectivity index (χ1n) is 8.69. The molecule has 1 aromatic heterocycles. The van der Waals surface area contributed by atoms with Crippen LogP contribution in [0.4, 0.5) is 4.39 Å².